The Labute approximate surface area is 114 Å². The molecule has 1 aliphatic carbocycles. The number of carbonyl (C=O) groups excluding carboxylic acids is 2. The minimum atomic E-state index is -0.102. The Morgan fingerprint density at radius 3 is 2.47 bits per heavy atom. The SMILES string of the molecule is CCOC(=O)C1CCC(NC(=O)CCCCO)CC1. The van der Waals surface area contributed by atoms with Crippen molar-refractivity contribution in [2.75, 3.05) is 13.2 Å². The number of aliphatic hydroxyl groups is 1. The van der Waals surface area contributed by atoms with Crippen LogP contribution in [0.25, 0.3) is 0 Å². The summed E-state index contributed by atoms with van der Waals surface area (Å²) in [5, 5.41) is 11.6. The predicted octanol–water partition coefficient (Wildman–Crippen LogP) is 1.39. The van der Waals surface area contributed by atoms with Crippen LogP contribution in [0.4, 0.5) is 0 Å². The van der Waals surface area contributed by atoms with E-state index in [1.54, 1.807) is 0 Å². The monoisotopic (exact) mass is 271 g/mol. The zero-order valence-corrected chi connectivity index (χ0v) is 11.7. The molecule has 5 nitrogen and oxygen atoms in total. The maximum absolute atomic E-state index is 11.6. The van der Waals surface area contributed by atoms with E-state index in [0.717, 1.165) is 32.1 Å². The normalized spacial score (nSPS) is 22.8. The first-order valence-electron chi connectivity index (χ1n) is 7.24. The number of unbranched alkanes of at least 4 members (excludes halogenated alkanes) is 1. The van der Waals surface area contributed by atoms with E-state index in [-0.39, 0.29) is 30.4 Å². The fraction of sp³-hybridized carbons (Fsp3) is 0.857. The topological polar surface area (TPSA) is 75.6 Å². The number of hydrogen-bond donors (Lipinski definition) is 2. The van der Waals surface area contributed by atoms with Gasteiger partial charge in [-0.1, -0.05) is 0 Å². The van der Waals surface area contributed by atoms with Gasteiger partial charge >= 0.3 is 5.97 Å². The van der Waals surface area contributed by atoms with Crippen LogP contribution in [-0.4, -0.2) is 36.2 Å². The van der Waals surface area contributed by atoms with Gasteiger partial charge in [-0.15, -0.1) is 0 Å². The summed E-state index contributed by atoms with van der Waals surface area (Å²) >= 11 is 0. The molecule has 1 saturated carbocycles. The van der Waals surface area contributed by atoms with Crippen LogP contribution in [0, 0.1) is 5.92 Å². The molecule has 19 heavy (non-hydrogen) atoms. The molecule has 0 unspecified atom stereocenters. The van der Waals surface area contributed by atoms with Gasteiger partial charge in [0, 0.05) is 19.1 Å². The van der Waals surface area contributed by atoms with Crippen LogP contribution >= 0.6 is 0 Å². The number of amides is 1. The number of rotatable bonds is 7. The van der Waals surface area contributed by atoms with Gasteiger partial charge in [-0.2, -0.15) is 0 Å². The molecule has 1 fully saturated rings. The first-order chi connectivity index (χ1) is 9.17. The summed E-state index contributed by atoms with van der Waals surface area (Å²) in [5.41, 5.74) is 0. The third kappa shape index (κ3) is 6.05. The van der Waals surface area contributed by atoms with Crippen LogP contribution < -0.4 is 5.32 Å². The van der Waals surface area contributed by atoms with E-state index < -0.39 is 0 Å². The van der Waals surface area contributed by atoms with E-state index in [2.05, 4.69) is 5.32 Å². The molecule has 0 aromatic carbocycles. The Kier molecular flexibility index (Phi) is 7.48. The average molecular weight is 271 g/mol. The molecule has 0 spiro atoms. The summed E-state index contributed by atoms with van der Waals surface area (Å²) in [6, 6.07) is 0.187. The van der Waals surface area contributed by atoms with Crippen molar-refractivity contribution in [2.45, 2.75) is 57.9 Å². The lowest BCUT2D eigenvalue weighted by Crippen LogP contribution is -2.38. The first-order valence-corrected chi connectivity index (χ1v) is 7.24. The van der Waals surface area contributed by atoms with Gasteiger partial charge in [-0.05, 0) is 45.4 Å². The molecular weight excluding hydrogens is 246 g/mol. The molecule has 0 aromatic rings. The third-order valence-electron chi connectivity index (χ3n) is 3.52. The Balaban J connectivity index is 2.19. The third-order valence-corrected chi connectivity index (χ3v) is 3.52. The zero-order valence-electron chi connectivity index (χ0n) is 11.7. The summed E-state index contributed by atoms with van der Waals surface area (Å²) in [5.74, 6) is -0.0502. The van der Waals surface area contributed by atoms with Crippen LogP contribution in [0.5, 0.6) is 0 Å². The zero-order chi connectivity index (χ0) is 14.1. The van der Waals surface area contributed by atoms with Crippen molar-refractivity contribution in [3.8, 4) is 0 Å². The maximum Gasteiger partial charge on any atom is 0.308 e. The molecule has 1 rings (SSSR count). The van der Waals surface area contributed by atoms with E-state index in [4.69, 9.17) is 9.84 Å². The molecule has 0 bridgehead atoms. The van der Waals surface area contributed by atoms with Crippen molar-refractivity contribution in [3.63, 3.8) is 0 Å². The lowest BCUT2D eigenvalue weighted by molar-refractivity contribution is -0.149. The van der Waals surface area contributed by atoms with Crippen molar-refractivity contribution in [1.82, 2.24) is 5.32 Å². The first kappa shape index (κ1) is 16.0. The lowest BCUT2D eigenvalue weighted by atomic mass is 9.86. The van der Waals surface area contributed by atoms with Crippen molar-refractivity contribution in [3.05, 3.63) is 0 Å². The van der Waals surface area contributed by atoms with Crippen LogP contribution in [0.3, 0.4) is 0 Å². The van der Waals surface area contributed by atoms with Crippen LogP contribution in [-0.2, 0) is 14.3 Å². The molecular formula is C14H25NO4. The quantitative estimate of drug-likeness (QED) is 0.542. The van der Waals surface area contributed by atoms with Crippen molar-refractivity contribution in [1.29, 1.82) is 0 Å². The van der Waals surface area contributed by atoms with E-state index in [1.807, 2.05) is 6.92 Å². The Bertz CT molecular complexity index is 285. The second-order valence-electron chi connectivity index (χ2n) is 5.05. The molecule has 2 N–H and O–H groups in total. The molecule has 0 aromatic heterocycles. The van der Waals surface area contributed by atoms with Gasteiger partial charge < -0.3 is 15.2 Å². The Morgan fingerprint density at radius 1 is 1.21 bits per heavy atom. The lowest BCUT2D eigenvalue weighted by Gasteiger charge is -2.27. The van der Waals surface area contributed by atoms with Gasteiger partial charge in [0.05, 0.1) is 12.5 Å². The molecule has 1 amide bonds. The van der Waals surface area contributed by atoms with Gasteiger partial charge in [0.2, 0.25) is 5.91 Å². The maximum atomic E-state index is 11.6. The van der Waals surface area contributed by atoms with Gasteiger partial charge in [0.1, 0.15) is 0 Å². The molecule has 5 heteroatoms. The number of hydrogen-bond acceptors (Lipinski definition) is 4. The van der Waals surface area contributed by atoms with Gasteiger partial charge in [0.15, 0.2) is 0 Å². The largest absolute Gasteiger partial charge is 0.466 e. The highest BCUT2D eigenvalue weighted by Gasteiger charge is 2.27. The minimum absolute atomic E-state index is 0.00231. The van der Waals surface area contributed by atoms with Crippen molar-refractivity contribution < 1.29 is 19.4 Å². The van der Waals surface area contributed by atoms with E-state index in [9.17, 15) is 9.59 Å². The van der Waals surface area contributed by atoms with Crippen molar-refractivity contribution >= 4 is 11.9 Å². The smallest absolute Gasteiger partial charge is 0.308 e. The summed E-state index contributed by atoms with van der Waals surface area (Å²) in [4.78, 5) is 23.2. The predicted molar refractivity (Wildman–Crippen MR) is 71.5 cm³/mol. The average Bonchev–Trinajstić information content (AvgIpc) is 2.40. The number of aliphatic hydroxyl groups excluding tert-OH is 1. The highest BCUT2D eigenvalue weighted by molar-refractivity contribution is 5.76. The highest BCUT2D eigenvalue weighted by atomic mass is 16.5. The number of carbonyl (C=O) groups is 2. The van der Waals surface area contributed by atoms with E-state index in [1.165, 1.54) is 0 Å². The second kappa shape index (κ2) is 8.91. The van der Waals surface area contributed by atoms with Gasteiger partial charge in [-0.3, -0.25) is 9.59 Å². The number of ether oxygens (including phenoxy) is 1. The minimum Gasteiger partial charge on any atom is -0.466 e. The van der Waals surface area contributed by atoms with E-state index in [0.29, 0.717) is 19.4 Å². The Morgan fingerprint density at radius 2 is 1.89 bits per heavy atom. The van der Waals surface area contributed by atoms with Crippen LogP contribution in [0.1, 0.15) is 51.9 Å². The summed E-state index contributed by atoms with van der Waals surface area (Å²) in [7, 11) is 0. The van der Waals surface area contributed by atoms with E-state index >= 15 is 0 Å². The van der Waals surface area contributed by atoms with Crippen molar-refractivity contribution in [2.24, 2.45) is 5.92 Å². The molecule has 0 radical (unpaired) electrons. The second-order valence-corrected chi connectivity index (χ2v) is 5.05. The van der Waals surface area contributed by atoms with Gasteiger partial charge in [-0.25, -0.2) is 0 Å². The molecule has 110 valence electrons. The fourth-order valence-electron chi connectivity index (χ4n) is 2.43. The van der Waals surface area contributed by atoms with Gasteiger partial charge in [0.25, 0.3) is 0 Å². The fourth-order valence-corrected chi connectivity index (χ4v) is 2.43. The molecule has 0 aliphatic heterocycles. The molecule has 1 aliphatic rings. The molecule has 0 atom stereocenters. The molecule has 0 heterocycles. The number of nitrogens with one attached hydrogen (secondary N) is 1. The van der Waals surface area contributed by atoms with Crippen LogP contribution in [0.2, 0.25) is 0 Å². The summed E-state index contributed by atoms with van der Waals surface area (Å²) in [6.45, 7) is 2.38. The highest BCUT2D eigenvalue weighted by Crippen LogP contribution is 2.25. The Hall–Kier alpha value is -1.10. The summed E-state index contributed by atoms with van der Waals surface area (Å²) in [6.07, 6.45) is 5.13. The standard InChI is InChI=1S/C14H25NO4/c1-2-19-14(18)11-6-8-12(9-7-11)15-13(17)5-3-4-10-16/h11-12,16H,2-10H2,1H3,(H,15,17). The van der Waals surface area contributed by atoms with Crippen LogP contribution in [0.15, 0.2) is 0 Å². The number of esters is 1. The summed E-state index contributed by atoms with van der Waals surface area (Å²) < 4.78 is 5.01. The molecule has 0 saturated heterocycles.